The summed E-state index contributed by atoms with van der Waals surface area (Å²) in [6.07, 6.45) is 9.61. The van der Waals surface area contributed by atoms with Gasteiger partial charge in [0, 0.05) is 29.8 Å². The Balaban J connectivity index is 1.89. The predicted molar refractivity (Wildman–Crippen MR) is 87.9 cm³/mol. The summed E-state index contributed by atoms with van der Waals surface area (Å²) in [6.45, 7) is 0. The second kappa shape index (κ2) is 6.81. The lowest BCUT2D eigenvalue weighted by Crippen LogP contribution is -2.14. The van der Waals surface area contributed by atoms with Gasteiger partial charge < -0.3 is 9.54 Å². The molecule has 3 aromatic heterocycles. The third-order valence-electron chi connectivity index (χ3n) is 3.67. The summed E-state index contributed by atoms with van der Waals surface area (Å²) in [4.78, 5) is 11.6. The second-order valence-corrected chi connectivity index (χ2v) is 6.81. The zero-order valence-corrected chi connectivity index (χ0v) is 13.5. The molecule has 0 aliphatic rings. The van der Waals surface area contributed by atoms with Crippen LogP contribution in [0.5, 0.6) is 0 Å². The Morgan fingerprint density at radius 2 is 2.35 bits per heavy atom. The normalized spacial score (nSPS) is 13.8. The van der Waals surface area contributed by atoms with E-state index < -0.39 is 11.2 Å². The van der Waals surface area contributed by atoms with E-state index in [-0.39, 0.29) is 6.04 Å². The second-order valence-electron chi connectivity index (χ2n) is 5.25. The highest BCUT2D eigenvalue weighted by molar-refractivity contribution is 7.90. The van der Waals surface area contributed by atoms with Crippen molar-refractivity contribution < 1.29 is 4.55 Å². The summed E-state index contributed by atoms with van der Waals surface area (Å²) >= 11 is -0.881. The average Bonchev–Trinajstić information content (AvgIpc) is 3.19. The molecular weight excluding hydrogens is 312 g/mol. The molecule has 2 unspecified atom stereocenters. The van der Waals surface area contributed by atoms with Crippen molar-refractivity contribution >= 4 is 22.2 Å². The summed E-state index contributed by atoms with van der Waals surface area (Å²) in [5.74, 6) is 0.553. The molecule has 3 rings (SSSR count). The van der Waals surface area contributed by atoms with E-state index in [4.69, 9.17) is 5.26 Å². The van der Waals surface area contributed by atoms with E-state index in [0.717, 1.165) is 22.3 Å². The quantitative estimate of drug-likeness (QED) is 0.697. The number of aromatic nitrogens is 5. The van der Waals surface area contributed by atoms with Gasteiger partial charge in [0.05, 0.1) is 36.7 Å². The summed E-state index contributed by atoms with van der Waals surface area (Å²) in [5, 5.41) is 14.3. The largest absolute Gasteiger partial charge is 0.617 e. The molecule has 0 aliphatic heterocycles. The number of nitriles is 1. The van der Waals surface area contributed by atoms with Crippen LogP contribution in [0.2, 0.25) is 0 Å². The van der Waals surface area contributed by atoms with Crippen LogP contribution < -0.4 is 0 Å². The van der Waals surface area contributed by atoms with Gasteiger partial charge in [-0.25, -0.2) is 9.97 Å². The first-order chi connectivity index (χ1) is 11.2. The third kappa shape index (κ3) is 3.36. The van der Waals surface area contributed by atoms with E-state index in [1.54, 1.807) is 17.1 Å². The SMILES string of the molecule is C[S+]([O-])CCC(CC#N)n1cc(-c2ncnc3[nH]ccc23)cn1. The van der Waals surface area contributed by atoms with Crippen LogP contribution in [-0.4, -0.2) is 41.3 Å². The van der Waals surface area contributed by atoms with Gasteiger partial charge in [0.15, 0.2) is 0 Å². The van der Waals surface area contributed by atoms with Gasteiger partial charge >= 0.3 is 0 Å². The molecule has 0 aliphatic carbocycles. The van der Waals surface area contributed by atoms with Crippen molar-refractivity contribution in [3.05, 3.63) is 31.0 Å². The Morgan fingerprint density at radius 1 is 1.48 bits per heavy atom. The van der Waals surface area contributed by atoms with E-state index >= 15 is 0 Å². The van der Waals surface area contributed by atoms with Crippen LogP contribution in [0.1, 0.15) is 18.9 Å². The van der Waals surface area contributed by atoms with Gasteiger partial charge in [0.2, 0.25) is 0 Å². The van der Waals surface area contributed by atoms with Gasteiger partial charge in [-0.15, -0.1) is 0 Å². The Morgan fingerprint density at radius 3 is 3.13 bits per heavy atom. The minimum atomic E-state index is -0.881. The number of rotatable bonds is 6. The fraction of sp³-hybridized carbons (Fsp3) is 0.333. The summed E-state index contributed by atoms with van der Waals surface area (Å²) in [5.41, 5.74) is 2.45. The molecule has 0 saturated heterocycles. The number of fused-ring (bicyclic) bond motifs is 1. The molecular formula is C15H16N6OS. The lowest BCUT2D eigenvalue weighted by Gasteiger charge is -2.14. The van der Waals surface area contributed by atoms with Crippen molar-refractivity contribution in [3.8, 4) is 17.3 Å². The number of hydrogen-bond donors (Lipinski definition) is 1. The summed E-state index contributed by atoms with van der Waals surface area (Å²) in [7, 11) is 0. The Bertz CT molecular complexity index is 834. The van der Waals surface area contributed by atoms with Crippen LogP contribution in [-0.2, 0) is 11.2 Å². The first-order valence-corrected chi connectivity index (χ1v) is 8.91. The van der Waals surface area contributed by atoms with Crippen molar-refractivity contribution in [2.24, 2.45) is 0 Å². The highest BCUT2D eigenvalue weighted by Gasteiger charge is 2.16. The van der Waals surface area contributed by atoms with E-state index in [9.17, 15) is 4.55 Å². The maximum Gasteiger partial charge on any atom is 0.141 e. The number of H-pyrrole nitrogens is 1. The summed E-state index contributed by atoms with van der Waals surface area (Å²) in [6, 6.07) is 4.02. The average molecular weight is 328 g/mol. The van der Waals surface area contributed by atoms with Crippen molar-refractivity contribution in [1.82, 2.24) is 24.7 Å². The van der Waals surface area contributed by atoms with Crippen LogP contribution in [0, 0.1) is 11.3 Å². The zero-order valence-electron chi connectivity index (χ0n) is 12.6. The minimum Gasteiger partial charge on any atom is -0.617 e. The molecule has 23 heavy (non-hydrogen) atoms. The standard InChI is InChI=1S/C15H16N6OS/c1-23(22)7-4-12(2-5-16)21-9-11(8-20-21)14-13-3-6-17-15(13)19-10-18-14/h3,6,8-10,12H,2,4,7H2,1H3,(H,17,18,19). The molecule has 7 nitrogen and oxygen atoms in total. The number of aromatic amines is 1. The predicted octanol–water partition coefficient (Wildman–Crippen LogP) is 2.04. The first-order valence-electron chi connectivity index (χ1n) is 7.18. The van der Waals surface area contributed by atoms with Crippen molar-refractivity contribution in [1.29, 1.82) is 5.26 Å². The third-order valence-corrected chi connectivity index (χ3v) is 4.48. The maximum absolute atomic E-state index is 11.3. The maximum atomic E-state index is 11.3. The van der Waals surface area contributed by atoms with Crippen LogP contribution >= 0.6 is 0 Å². The number of nitrogens with zero attached hydrogens (tertiary/aromatic N) is 5. The summed E-state index contributed by atoms with van der Waals surface area (Å²) < 4.78 is 13.1. The van der Waals surface area contributed by atoms with Crippen molar-refractivity contribution in [2.75, 3.05) is 12.0 Å². The molecule has 0 saturated carbocycles. The monoisotopic (exact) mass is 328 g/mol. The van der Waals surface area contributed by atoms with Gasteiger partial charge in [-0.1, -0.05) is 11.2 Å². The van der Waals surface area contributed by atoms with Crippen molar-refractivity contribution in [3.63, 3.8) is 0 Å². The molecule has 0 bridgehead atoms. The molecule has 0 radical (unpaired) electrons. The molecule has 0 aromatic carbocycles. The highest BCUT2D eigenvalue weighted by Crippen LogP contribution is 2.26. The molecule has 3 heterocycles. The fourth-order valence-corrected chi connectivity index (χ4v) is 3.10. The van der Waals surface area contributed by atoms with Crippen LogP contribution in [0.25, 0.3) is 22.3 Å². The van der Waals surface area contributed by atoms with Gasteiger partial charge in [-0.05, 0) is 6.07 Å². The van der Waals surface area contributed by atoms with E-state index in [0.29, 0.717) is 18.6 Å². The topological polar surface area (TPSA) is 106 Å². The molecule has 3 aromatic rings. The lowest BCUT2D eigenvalue weighted by molar-refractivity contribution is 0.447. The zero-order chi connectivity index (χ0) is 16.2. The smallest absolute Gasteiger partial charge is 0.141 e. The number of hydrogen-bond acceptors (Lipinski definition) is 5. The van der Waals surface area contributed by atoms with Crippen LogP contribution in [0.4, 0.5) is 0 Å². The molecule has 0 amide bonds. The van der Waals surface area contributed by atoms with Gasteiger partial charge in [-0.2, -0.15) is 10.4 Å². The first kappa shape index (κ1) is 15.5. The lowest BCUT2D eigenvalue weighted by atomic mass is 10.1. The molecule has 2 atom stereocenters. The van der Waals surface area contributed by atoms with Gasteiger partial charge in [-0.3, -0.25) is 4.68 Å². The van der Waals surface area contributed by atoms with E-state index in [2.05, 4.69) is 26.1 Å². The molecule has 1 N–H and O–H groups in total. The minimum absolute atomic E-state index is 0.0822. The Hall–Kier alpha value is -2.37. The molecule has 118 valence electrons. The number of nitrogens with one attached hydrogen (secondary N) is 1. The molecule has 0 spiro atoms. The Labute approximate surface area is 136 Å². The fourth-order valence-electron chi connectivity index (χ4n) is 2.50. The van der Waals surface area contributed by atoms with E-state index in [1.807, 2.05) is 18.5 Å². The van der Waals surface area contributed by atoms with Crippen molar-refractivity contribution in [2.45, 2.75) is 18.9 Å². The molecule has 8 heteroatoms. The van der Waals surface area contributed by atoms with Crippen LogP contribution in [0.15, 0.2) is 31.0 Å². The molecule has 0 fully saturated rings. The highest BCUT2D eigenvalue weighted by atomic mass is 32.2. The Kier molecular flexibility index (Phi) is 4.60. The van der Waals surface area contributed by atoms with Gasteiger partial charge in [0.1, 0.15) is 17.7 Å². The van der Waals surface area contributed by atoms with E-state index in [1.165, 1.54) is 6.33 Å². The van der Waals surface area contributed by atoms with Gasteiger partial charge in [0.25, 0.3) is 0 Å². The van der Waals surface area contributed by atoms with Crippen LogP contribution in [0.3, 0.4) is 0 Å².